The Labute approximate surface area is 90.1 Å². The first-order valence-electron chi connectivity index (χ1n) is 5.30. The minimum absolute atomic E-state index is 0.112. The molecule has 0 bridgehead atoms. The SMILES string of the molecule is CCCCCc1ccc(O)c(NC=O)c1. The molecule has 15 heavy (non-hydrogen) atoms. The molecule has 0 heterocycles. The number of anilines is 1. The molecule has 0 saturated heterocycles. The van der Waals surface area contributed by atoms with Gasteiger partial charge in [0.25, 0.3) is 0 Å². The van der Waals surface area contributed by atoms with E-state index in [-0.39, 0.29) is 5.75 Å². The van der Waals surface area contributed by atoms with Gasteiger partial charge in [0.2, 0.25) is 6.41 Å². The maximum absolute atomic E-state index is 10.3. The summed E-state index contributed by atoms with van der Waals surface area (Å²) in [5, 5.41) is 11.9. The van der Waals surface area contributed by atoms with Crippen LogP contribution in [-0.2, 0) is 11.2 Å². The predicted octanol–water partition coefficient (Wildman–Crippen LogP) is 2.69. The van der Waals surface area contributed by atoms with Crippen LogP contribution >= 0.6 is 0 Å². The molecule has 0 aliphatic heterocycles. The molecule has 0 aliphatic rings. The van der Waals surface area contributed by atoms with Gasteiger partial charge in [-0.1, -0.05) is 25.8 Å². The van der Waals surface area contributed by atoms with E-state index in [2.05, 4.69) is 12.2 Å². The Morgan fingerprint density at radius 2 is 2.20 bits per heavy atom. The third-order valence-electron chi connectivity index (χ3n) is 2.34. The maximum Gasteiger partial charge on any atom is 0.211 e. The largest absolute Gasteiger partial charge is 0.506 e. The van der Waals surface area contributed by atoms with Crippen LogP contribution in [0.5, 0.6) is 5.75 Å². The van der Waals surface area contributed by atoms with Crippen molar-refractivity contribution in [2.75, 3.05) is 5.32 Å². The number of unbranched alkanes of at least 4 members (excludes halogenated alkanes) is 2. The number of carbonyl (C=O) groups excluding carboxylic acids is 1. The van der Waals surface area contributed by atoms with Crippen molar-refractivity contribution in [2.24, 2.45) is 0 Å². The molecule has 1 aromatic rings. The van der Waals surface area contributed by atoms with Gasteiger partial charge in [-0.3, -0.25) is 4.79 Å². The molecule has 3 nitrogen and oxygen atoms in total. The second-order valence-corrected chi connectivity index (χ2v) is 3.57. The first-order chi connectivity index (χ1) is 7.27. The van der Waals surface area contributed by atoms with Crippen molar-refractivity contribution >= 4 is 12.1 Å². The quantitative estimate of drug-likeness (QED) is 0.428. The van der Waals surface area contributed by atoms with Gasteiger partial charge in [-0.15, -0.1) is 0 Å². The van der Waals surface area contributed by atoms with Crippen LogP contribution < -0.4 is 5.32 Å². The zero-order valence-corrected chi connectivity index (χ0v) is 8.99. The highest BCUT2D eigenvalue weighted by molar-refractivity contribution is 5.75. The highest BCUT2D eigenvalue weighted by atomic mass is 16.3. The van der Waals surface area contributed by atoms with Crippen LogP contribution in [0.25, 0.3) is 0 Å². The minimum Gasteiger partial charge on any atom is -0.506 e. The number of aryl methyl sites for hydroxylation is 1. The first-order valence-corrected chi connectivity index (χ1v) is 5.30. The van der Waals surface area contributed by atoms with E-state index in [1.165, 1.54) is 12.8 Å². The molecule has 0 atom stereocenters. The summed E-state index contributed by atoms with van der Waals surface area (Å²) in [7, 11) is 0. The average Bonchev–Trinajstić information content (AvgIpc) is 2.23. The summed E-state index contributed by atoms with van der Waals surface area (Å²) in [6, 6.07) is 5.33. The normalized spacial score (nSPS) is 9.93. The zero-order chi connectivity index (χ0) is 11.1. The van der Waals surface area contributed by atoms with Crippen LogP contribution in [0, 0.1) is 0 Å². The molecule has 2 N–H and O–H groups in total. The number of phenolic OH excluding ortho intramolecular Hbond substituents is 1. The van der Waals surface area contributed by atoms with Crippen LogP contribution in [0.3, 0.4) is 0 Å². The fourth-order valence-corrected chi connectivity index (χ4v) is 1.50. The molecule has 1 rings (SSSR count). The summed E-state index contributed by atoms with van der Waals surface area (Å²) in [5.41, 5.74) is 1.63. The van der Waals surface area contributed by atoms with Gasteiger partial charge in [0.05, 0.1) is 5.69 Å². The lowest BCUT2D eigenvalue weighted by atomic mass is 10.1. The number of hydrogen-bond acceptors (Lipinski definition) is 2. The van der Waals surface area contributed by atoms with E-state index in [1.807, 2.05) is 12.1 Å². The first kappa shape index (κ1) is 11.6. The van der Waals surface area contributed by atoms with Crippen molar-refractivity contribution in [3.63, 3.8) is 0 Å². The lowest BCUT2D eigenvalue weighted by Gasteiger charge is -2.06. The fraction of sp³-hybridized carbons (Fsp3) is 0.417. The van der Waals surface area contributed by atoms with Gasteiger partial charge in [-0.05, 0) is 30.5 Å². The molecule has 1 amide bonds. The van der Waals surface area contributed by atoms with Gasteiger partial charge in [0, 0.05) is 0 Å². The summed E-state index contributed by atoms with van der Waals surface area (Å²) in [5.74, 6) is 0.112. The van der Waals surface area contributed by atoms with E-state index >= 15 is 0 Å². The Morgan fingerprint density at radius 3 is 2.87 bits per heavy atom. The Hall–Kier alpha value is -1.51. The number of nitrogens with one attached hydrogen (secondary N) is 1. The van der Waals surface area contributed by atoms with Gasteiger partial charge < -0.3 is 10.4 Å². The summed E-state index contributed by atoms with van der Waals surface area (Å²) < 4.78 is 0. The Morgan fingerprint density at radius 1 is 1.40 bits per heavy atom. The fourth-order valence-electron chi connectivity index (χ4n) is 1.50. The van der Waals surface area contributed by atoms with Gasteiger partial charge in [-0.2, -0.15) is 0 Å². The highest BCUT2D eigenvalue weighted by Gasteiger charge is 2.01. The summed E-state index contributed by atoms with van der Waals surface area (Å²) in [6.07, 6.45) is 5.10. The molecule has 82 valence electrons. The van der Waals surface area contributed by atoms with Crippen LogP contribution in [0.4, 0.5) is 5.69 Å². The van der Waals surface area contributed by atoms with E-state index < -0.39 is 0 Å². The Balaban J connectivity index is 2.65. The lowest BCUT2D eigenvalue weighted by molar-refractivity contribution is -0.105. The number of rotatable bonds is 6. The van der Waals surface area contributed by atoms with Crippen molar-refractivity contribution in [1.29, 1.82) is 0 Å². The molecule has 0 saturated carbocycles. The van der Waals surface area contributed by atoms with E-state index in [9.17, 15) is 9.90 Å². The number of aromatic hydroxyl groups is 1. The molecule has 3 heteroatoms. The molecule has 0 unspecified atom stereocenters. The van der Waals surface area contributed by atoms with Gasteiger partial charge >= 0.3 is 0 Å². The Kier molecular flexibility index (Phi) is 4.68. The zero-order valence-electron chi connectivity index (χ0n) is 8.99. The third kappa shape index (κ3) is 3.62. The summed E-state index contributed by atoms with van der Waals surface area (Å²) >= 11 is 0. The second kappa shape index (κ2) is 6.06. The van der Waals surface area contributed by atoms with Crippen LogP contribution in [0.2, 0.25) is 0 Å². The van der Waals surface area contributed by atoms with Crippen LogP contribution in [0.15, 0.2) is 18.2 Å². The molecule has 0 spiro atoms. The average molecular weight is 207 g/mol. The minimum atomic E-state index is 0.112. The van der Waals surface area contributed by atoms with Crippen LogP contribution in [-0.4, -0.2) is 11.5 Å². The molecule has 0 fully saturated rings. The number of hydrogen-bond donors (Lipinski definition) is 2. The van der Waals surface area contributed by atoms with Crippen molar-refractivity contribution in [3.8, 4) is 5.75 Å². The maximum atomic E-state index is 10.3. The number of carbonyl (C=O) groups is 1. The Bertz CT molecular complexity index is 323. The van der Waals surface area contributed by atoms with E-state index in [1.54, 1.807) is 6.07 Å². The standard InChI is InChI=1S/C12H17NO2/c1-2-3-4-5-10-6-7-12(15)11(8-10)13-9-14/h6-9,15H,2-5H2,1H3,(H,13,14). The predicted molar refractivity (Wildman–Crippen MR) is 61.0 cm³/mol. The lowest BCUT2D eigenvalue weighted by Crippen LogP contribution is -1.95. The van der Waals surface area contributed by atoms with Crippen molar-refractivity contribution in [2.45, 2.75) is 32.6 Å². The third-order valence-corrected chi connectivity index (χ3v) is 2.34. The van der Waals surface area contributed by atoms with Crippen LogP contribution in [0.1, 0.15) is 31.7 Å². The molecule has 1 aromatic carbocycles. The van der Waals surface area contributed by atoms with E-state index in [0.29, 0.717) is 12.1 Å². The molecule has 0 aliphatic carbocycles. The summed E-state index contributed by atoms with van der Waals surface area (Å²) in [4.78, 5) is 10.3. The molecular formula is C12H17NO2. The van der Waals surface area contributed by atoms with Crippen molar-refractivity contribution in [1.82, 2.24) is 0 Å². The molecular weight excluding hydrogens is 190 g/mol. The number of benzene rings is 1. The smallest absolute Gasteiger partial charge is 0.211 e. The number of phenols is 1. The van der Waals surface area contributed by atoms with E-state index in [4.69, 9.17) is 0 Å². The molecule has 0 radical (unpaired) electrons. The highest BCUT2D eigenvalue weighted by Crippen LogP contribution is 2.24. The van der Waals surface area contributed by atoms with Gasteiger partial charge in [0.1, 0.15) is 5.75 Å². The van der Waals surface area contributed by atoms with Gasteiger partial charge in [-0.25, -0.2) is 0 Å². The molecule has 0 aromatic heterocycles. The van der Waals surface area contributed by atoms with E-state index in [0.717, 1.165) is 18.4 Å². The monoisotopic (exact) mass is 207 g/mol. The van der Waals surface area contributed by atoms with Crippen molar-refractivity contribution < 1.29 is 9.90 Å². The summed E-state index contributed by atoms with van der Waals surface area (Å²) in [6.45, 7) is 2.16. The number of amides is 1. The second-order valence-electron chi connectivity index (χ2n) is 3.57. The van der Waals surface area contributed by atoms with Gasteiger partial charge in [0.15, 0.2) is 0 Å². The topological polar surface area (TPSA) is 49.3 Å². The van der Waals surface area contributed by atoms with Crippen molar-refractivity contribution in [3.05, 3.63) is 23.8 Å².